The third-order valence-electron chi connectivity index (χ3n) is 4.21. The fourth-order valence-electron chi connectivity index (χ4n) is 2.93. The van der Waals surface area contributed by atoms with Crippen molar-refractivity contribution in [3.8, 4) is 0 Å². The molecule has 2 rings (SSSR count). The molecule has 0 spiro atoms. The first-order valence-electron chi connectivity index (χ1n) is 6.98. The predicted molar refractivity (Wildman–Crippen MR) is 82.5 cm³/mol. The van der Waals surface area contributed by atoms with Crippen LogP contribution in [0.15, 0.2) is 18.2 Å². The molecular formula is C15H21ClN2O2. The zero-order chi connectivity index (χ0) is 14.9. The van der Waals surface area contributed by atoms with E-state index in [1.165, 1.54) is 0 Å². The first kappa shape index (κ1) is 15.1. The van der Waals surface area contributed by atoms with E-state index >= 15 is 0 Å². The Hall–Kier alpha value is -1.29. The topological polar surface area (TPSA) is 46.4 Å². The number of nitro groups is 1. The molecule has 0 atom stereocenters. The Balaban J connectivity index is 2.19. The molecule has 0 aliphatic carbocycles. The standard InChI is InChI=1S/C15H21ClN2O2/c1-15(2,3)11-7-9-17(10-8-11)13-6-4-5-12(16)14(13)18(19)20/h4-6,11H,7-10H2,1-3H3. The number of halogens is 1. The lowest BCUT2D eigenvalue weighted by Crippen LogP contribution is -2.38. The average molecular weight is 297 g/mol. The van der Waals surface area contributed by atoms with Crippen molar-refractivity contribution in [2.75, 3.05) is 18.0 Å². The highest BCUT2D eigenvalue weighted by atomic mass is 35.5. The molecule has 0 aromatic heterocycles. The molecule has 4 nitrogen and oxygen atoms in total. The molecule has 0 saturated carbocycles. The Morgan fingerprint density at radius 2 is 1.90 bits per heavy atom. The van der Waals surface area contributed by atoms with E-state index in [-0.39, 0.29) is 15.6 Å². The molecule has 1 aliphatic rings. The minimum atomic E-state index is -0.381. The van der Waals surface area contributed by atoms with Crippen molar-refractivity contribution in [2.24, 2.45) is 11.3 Å². The van der Waals surface area contributed by atoms with Gasteiger partial charge >= 0.3 is 5.69 Å². The van der Waals surface area contributed by atoms with Gasteiger partial charge in [-0.15, -0.1) is 0 Å². The van der Waals surface area contributed by atoms with Crippen molar-refractivity contribution >= 4 is 23.0 Å². The zero-order valence-electron chi connectivity index (χ0n) is 12.2. The van der Waals surface area contributed by atoms with Gasteiger partial charge in [-0.1, -0.05) is 38.4 Å². The number of nitrogens with zero attached hydrogens (tertiary/aromatic N) is 2. The van der Waals surface area contributed by atoms with Gasteiger partial charge in [0.05, 0.1) is 4.92 Å². The maximum Gasteiger partial charge on any atom is 0.310 e. The van der Waals surface area contributed by atoms with E-state index in [4.69, 9.17) is 11.6 Å². The summed E-state index contributed by atoms with van der Waals surface area (Å²) in [6, 6.07) is 5.15. The molecule has 1 saturated heterocycles. The van der Waals surface area contributed by atoms with E-state index in [0.717, 1.165) is 25.9 Å². The summed E-state index contributed by atoms with van der Waals surface area (Å²) in [4.78, 5) is 12.9. The lowest BCUT2D eigenvalue weighted by atomic mass is 9.75. The number of benzene rings is 1. The van der Waals surface area contributed by atoms with Crippen LogP contribution in [0, 0.1) is 21.4 Å². The van der Waals surface area contributed by atoms with Crippen molar-refractivity contribution in [2.45, 2.75) is 33.6 Å². The highest BCUT2D eigenvalue weighted by Gasteiger charge is 2.31. The van der Waals surface area contributed by atoms with Crippen LogP contribution in [-0.4, -0.2) is 18.0 Å². The molecule has 20 heavy (non-hydrogen) atoms. The Morgan fingerprint density at radius 1 is 1.30 bits per heavy atom. The fraction of sp³-hybridized carbons (Fsp3) is 0.600. The van der Waals surface area contributed by atoms with Crippen molar-refractivity contribution in [3.05, 3.63) is 33.3 Å². The van der Waals surface area contributed by atoms with Gasteiger partial charge in [0.1, 0.15) is 10.7 Å². The van der Waals surface area contributed by atoms with Crippen LogP contribution in [0.5, 0.6) is 0 Å². The summed E-state index contributed by atoms with van der Waals surface area (Å²) >= 11 is 5.98. The first-order chi connectivity index (χ1) is 9.30. The van der Waals surface area contributed by atoms with Gasteiger partial charge in [-0.2, -0.15) is 0 Å². The smallest absolute Gasteiger partial charge is 0.310 e. The summed E-state index contributed by atoms with van der Waals surface area (Å²) in [7, 11) is 0. The third kappa shape index (κ3) is 3.06. The summed E-state index contributed by atoms with van der Waals surface area (Å²) in [5.74, 6) is 0.664. The van der Waals surface area contributed by atoms with E-state index in [0.29, 0.717) is 17.0 Å². The number of piperidine rings is 1. The molecule has 5 heteroatoms. The number of para-hydroxylation sites is 1. The molecule has 0 bridgehead atoms. The quantitative estimate of drug-likeness (QED) is 0.596. The van der Waals surface area contributed by atoms with Crippen molar-refractivity contribution in [1.29, 1.82) is 0 Å². The van der Waals surface area contributed by atoms with E-state index in [2.05, 4.69) is 25.7 Å². The van der Waals surface area contributed by atoms with Crippen LogP contribution >= 0.6 is 11.6 Å². The van der Waals surface area contributed by atoms with Gasteiger partial charge in [0, 0.05) is 13.1 Å². The molecule has 1 aromatic rings. The van der Waals surface area contributed by atoms with Gasteiger partial charge in [-0.05, 0) is 36.3 Å². The van der Waals surface area contributed by atoms with Crippen LogP contribution in [-0.2, 0) is 0 Å². The van der Waals surface area contributed by atoms with Crippen LogP contribution in [0.4, 0.5) is 11.4 Å². The summed E-state index contributed by atoms with van der Waals surface area (Å²) in [6.07, 6.45) is 2.13. The largest absolute Gasteiger partial charge is 0.366 e. The average Bonchev–Trinajstić information content (AvgIpc) is 2.37. The van der Waals surface area contributed by atoms with Crippen LogP contribution < -0.4 is 4.90 Å². The lowest BCUT2D eigenvalue weighted by molar-refractivity contribution is -0.384. The third-order valence-corrected chi connectivity index (χ3v) is 4.51. The Morgan fingerprint density at radius 3 is 2.40 bits per heavy atom. The molecule has 0 radical (unpaired) electrons. The minimum absolute atomic E-state index is 0.0309. The van der Waals surface area contributed by atoms with E-state index in [9.17, 15) is 10.1 Å². The number of hydrogen-bond acceptors (Lipinski definition) is 3. The molecule has 110 valence electrons. The molecule has 1 heterocycles. The zero-order valence-corrected chi connectivity index (χ0v) is 13.0. The van der Waals surface area contributed by atoms with Crippen LogP contribution in [0.1, 0.15) is 33.6 Å². The Labute approximate surface area is 124 Å². The normalized spacial score (nSPS) is 17.3. The van der Waals surface area contributed by atoms with Crippen LogP contribution in [0.3, 0.4) is 0 Å². The maximum atomic E-state index is 11.2. The number of nitro benzene ring substituents is 1. The second kappa shape index (κ2) is 5.60. The van der Waals surface area contributed by atoms with Gasteiger partial charge in [-0.25, -0.2) is 0 Å². The van der Waals surface area contributed by atoms with E-state index in [1.807, 2.05) is 0 Å². The van der Waals surface area contributed by atoms with Crippen LogP contribution in [0.2, 0.25) is 5.02 Å². The molecule has 1 fully saturated rings. The van der Waals surface area contributed by atoms with Gasteiger partial charge in [0.2, 0.25) is 0 Å². The van der Waals surface area contributed by atoms with E-state index in [1.54, 1.807) is 18.2 Å². The molecule has 0 unspecified atom stereocenters. The molecule has 1 aliphatic heterocycles. The second-order valence-corrected chi connectivity index (χ2v) is 6.90. The molecule has 0 amide bonds. The van der Waals surface area contributed by atoms with Crippen molar-refractivity contribution in [3.63, 3.8) is 0 Å². The van der Waals surface area contributed by atoms with Gasteiger partial charge < -0.3 is 4.90 Å². The summed E-state index contributed by atoms with van der Waals surface area (Å²) < 4.78 is 0. The number of hydrogen-bond donors (Lipinski definition) is 0. The van der Waals surface area contributed by atoms with Crippen molar-refractivity contribution in [1.82, 2.24) is 0 Å². The van der Waals surface area contributed by atoms with Gasteiger partial charge in [-0.3, -0.25) is 10.1 Å². The molecule has 0 N–H and O–H groups in total. The second-order valence-electron chi connectivity index (χ2n) is 6.49. The Bertz CT molecular complexity index is 503. The number of anilines is 1. The molecular weight excluding hydrogens is 276 g/mol. The Kier molecular flexibility index (Phi) is 4.23. The van der Waals surface area contributed by atoms with E-state index < -0.39 is 0 Å². The summed E-state index contributed by atoms with van der Waals surface area (Å²) in [5, 5.41) is 11.4. The maximum absolute atomic E-state index is 11.2. The first-order valence-corrected chi connectivity index (χ1v) is 7.36. The highest BCUT2D eigenvalue weighted by molar-refractivity contribution is 6.33. The SMILES string of the molecule is CC(C)(C)C1CCN(c2cccc(Cl)c2[N+](=O)[O-])CC1. The monoisotopic (exact) mass is 296 g/mol. The summed E-state index contributed by atoms with van der Waals surface area (Å²) in [5.41, 5.74) is 0.977. The molecule has 1 aromatic carbocycles. The van der Waals surface area contributed by atoms with Gasteiger partial charge in [0.25, 0.3) is 0 Å². The lowest BCUT2D eigenvalue weighted by Gasteiger charge is -2.39. The van der Waals surface area contributed by atoms with Gasteiger partial charge in [0.15, 0.2) is 0 Å². The number of rotatable bonds is 2. The van der Waals surface area contributed by atoms with Crippen molar-refractivity contribution < 1.29 is 4.92 Å². The predicted octanol–water partition coefficient (Wildman–Crippen LogP) is 4.51. The fourth-order valence-corrected chi connectivity index (χ4v) is 3.16. The summed E-state index contributed by atoms with van der Waals surface area (Å²) in [6.45, 7) is 8.48. The highest BCUT2D eigenvalue weighted by Crippen LogP contribution is 2.39. The van der Waals surface area contributed by atoms with Crippen LogP contribution in [0.25, 0.3) is 0 Å². The minimum Gasteiger partial charge on any atom is -0.366 e.